The summed E-state index contributed by atoms with van der Waals surface area (Å²) in [5, 5.41) is 9.26. The molecule has 2 atom stereocenters. The first kappa shape index (κ1) is 16.1. The van der Waals surface area contributed by atoms with E-state index in [4.69, 9.17) is 0 Å². The molecular formula is C18H22N4O3. The van der Waals surface area contributed by atoms with E-state index in [2.05, 4.69) is 16.0 Å². The summed E-state index contributed by atoms with van der Waals surface area (Å²) in [4.78, 5) is 37.9. The largest absolute Gasteiger partial charge is 0.381 e. The number of benzene rings is 1. The maximum Gasteiger partial charge on any atom is 0.255 e. The smallest absolute Gasteiger partial charge is 0.255 e. The third-order valence-electron chi connectivity index (χ3n) is 5.24. The molecule has 0 aromatic heterocycles. The van der Waals surface area contributed by atoms with Crippen molar-refractivity contribution in [2.24, 2.45) is 0 Å². The molecule has 0 bridgehead atoms. The molecule has 1 aromatic carbocycles. The molecule has 2 saturated heterocycles. The highest BCUT2D eigenvalue weighted by Gasteiger charge is 2.39. The first-order valence-corrected chi connectivity index (χ1v) is 8.87. The van der Waals surface area contributed by atoms with Crippen LogP contribution in [-0.2, 0) is 16.1 Å². The molecule has 25 heavy (non-hydrogen) atoms. The van der Waals surface area contributed by atoms with Gasteiger partial charge >= 0.3 is 0 Å². The zero-order valence-corrected chi connectivity index (χ0v) is 14.0. The summed E-state index contributed by atoms with van der Waals surface area (Å²) in [6.07, 6.45) is 2.89. The predicted octanol–water partition coefficient (Wildman–Crippen LogP) is 0.612. The number of hydrogen-bond donors (Lipinski definition) is 3. The van der Waals surface area contributed by atoms with E-state index in [1.807, 2.05) is 18.2 Å². The third-order valence-corrected chi connectivity index (χ3v) is 5.24. The second-order valence-electron chi connectivity index (χ2n) is 6.92. The van der Waals surface area contributed by atoms with Gasteiger partial charge in [0.1, 0.15) is 6.04 Å². The normalized spacial score (nSPS) is 26.4. The van der Waals surface area contributed by atoms with Crippen LogP contribution in [0.2, 0.25) is 0 Å². The summed E-state index contributed by atoms with van der Waals surface area (Å²) in [6.45, 7) is 2.37. The molecule has 0 saturated carbocycles. The molecule has 3 N–H and O–H groups in total. The van der Waals surface area contributed by atoms with Crippen LogP contribution in [0.3, 0.4) is 0 Å². The fourth-order valence-corrected chi connectivity index (χ4v) is 3.92. The number of hydrogen-bond acceptors (Lipinski definition) is 5. The SMILES string of the molecule is O=C1CCC(N2Cc3c(NC4CCCNC4)cccc3C2=O)C(=O)N1. The van der Waals surface area contributed by atoms with Crippen LogP contribution < -0.4 is 16.0 Å². The molecule has 0 spiro atoms. The molecule has 7 nitrogen and oxygen atoms in total. The number of anilines is 1. The number of rotatable bonds is 3. The Bertz CT molecular complexity index is 727. The first-order valence-electron chi connectivity index (χ1n) is 8.87. The zero-order chi connectivity index (χ0) is 17.4. The minimum atomic E-state index is -0.568. The third kappa shape index (κ3) is 3.00. The topological polar surface area (TPSA) is 90.5 Å². The molecule has 7 heteroatoms. The fraction of sp³-hybridized carbons (Fsp3) is 0.500. The van der Waals surface area contributed by atoms with Gasteiger partial charge < -0.3 is 15.5 Å². The zero-order valence-electron chi connectivity index (χ0n) is 14.0. The van der Waals surface area contributed by atoms with E-state index >= 15 is 0 Å². The van der Waals surface area contributed by atoms with E-state index < -0.39 is 6.04 Å². The Kier molecular flexibility index (Phi) is 4.17. The second kappa shape index (κ2) is 6.48. The lowest BCUT2D eigenvalue weighted by Gasteiger charge is -2.29. The lowest BCUT2D eigenvalue weighted by atomic mass is 10.0. The number of amides is 3. The van der Waals surface area contributed by atoms with Crippen molar-refractivity contribution in [1.82, 2.24) is 15.5 Å². The van der Waals surface area contributed by atoms with Crippen molar-refractivity contribution in [3.8, 4) is 0 Å². The number of carbonyl (C=O) groups is 3. The molecule has 2 fully saturated rings. The lowest BCUT2D eigenvalue weighted by molar-refractivity contribution is -0.136. The monoisotopic (exact) mass is 342 g/mol. The molecular weight excluding hydrogens is 320 g/mol. The second-order valence-corrected chi connectivity index (χ2v) is 6.92. The maximum atomic E-state index is 12.8. The Morgan fingerprint density at radius 1 is 1.16 bits per heavy atom. The van der Waals surface area contributed by atoms with Crippen LogP contribution in [0, 0.1) is 0 Å². The molecule has 132 valence electrons. The van der Waals surface area contributed by atoms with Crippen molar-refractivity contribution < 1.29 is 14.4 Å². The Hall–Kier alpha value is -2.41. The Morgan fingerprint density at radius 3 is 2.80 bits per heavy atom. The van der Waals surface area contributed by atoms with Crippen molar-refractivity contribution in [1.29, 1.82) is 0 Å². The van der Waals surface area contributed by atoms with Crippen molar-refractivity contribution >= 4 is 23.4 Å². The lowest BCUT2D eigenvalue weighted by Crippen LogP contribution is -2.52. The van der Waals surface area contributed by atoms with Crippen LogP contribution in [0.4, 0.5) is 5.69 Å². The summed E-state index contributed by atoms with van der Waals surface area (Å²) < 4.78 is 0. The average Bonchev–Trinajstić information content (AvgIpc) is 2.94. The van der Waals surface area contributed by atoms with Crippen LogP contribution in [0.25, 0.3) is 0 Å². The van der Waals surface area contributed by atoms with E-state index in [-0.39, 0.29) is 24.1 Å². The van der Waals surface area contributed by atoms with E-state index in [1.54, 1.807) is 4.90 Å². The fourth-order valence-electron chi connectivity index (χ4n) is 3.92. The number of nitrogens with one attached hydrogen (secondary N) is 3. The first-order chi connectivity index (χ1) is 12.1. The van der Waals surface area contributed by atoms with Gasteiger partial charge in [-0.3, -0.25) is 19.7 Å². The molecule has 3 amide bonds. The van der Waals surface area contributed by atoms with Gasteiger partial charge in [0.05, 0.1) is 0 Å². The van der Waals surface area contributed by atoms with Crippen LogP contribution in [0.1, 0.15) is 41.6 Å². The predicted molar refractivity (Wildman–Crippen MR) is 92.0 cm³/mol. The van der Waals surface area contributed by atoms with Crippen LogP contribution in [0.15, 0.2) is 18.2 Å². The standard InChI is InChI=1S/C18H22N4O3/c23-16-7-6-15(17(24)21-16)22-10-13-12(18(22)25)4-1-5-14(13)20-11-3-2-8-19-9-11/h1,4-5,11,15,19-20H,2-3,6-10H2,(H,21,23,24). The van der Waals surface area contributed by atoms with Gasteiger partial charge in [-0.1, -0.05) is 6.07 Å². The van der Waals surface area contributed by atoms with E-state index in [0.717, 1.165) is 37.2 Å². The van der Waals surface area contributed by atoms with Gasteiger partial charge in [-0.25, -0.2) is 0 Å². The van der Waals surface area contributed by atoms with Gasteiger partial charge in [-0.2, -0.15) is 0 Å². The van der Waals surface area contributed by atoms with Crippen LogP contribution >= 0.6 is 0 Å². The molecule has 1 aromatic rings. The number of fused-ring (bicyclic) bond motifs is 1. The van der Waals surface area contributed by atoms with Crippen molar-refractivity contribution in [2.75, 3.05) is 18.4 Å². The Morgan fingerprint density at radius 2 is 2.04 bits per heavy atom. The minimum Gasteiger partial charge on any atom is -0.381 e. The molecule has 0 aliphatic carbocycles. The van der Waals surface area contributed by atoms with Gasteiger partial charge in [-0.05, 0) is 37.9 Å². The summed E-state index contributed by atoms with van der Waals surface area (Å²) in [7, 11) is 0. The number of nitrogens with zero attached hydrogens (tertiary/aromatic N) is 1. The van der Waals surface area contributed by atoms with Crippen LogP contribution in [0.5, 0.6) is 0 Å². The molecule has 3 aliphatic rings. The summed E-state index contributed by atoms with van der Waals surface area (Å²) in [5.74, 6) is -0.768. The Labute approximate surface area is 146 Å². The number of carbonyl (C=O) groups excluding carboxylic acids is 3. The minimum absolute atomic E-state index is 0.130. The highest BCUT2D eigenvalue weighted by Crippen LogP contribution is 2.32. The van der Waals surface area contributed by atoms with E-state index in [0.29, 0.717) is 24.6 Å². The molecule has 2 unspecified atom stereocenters. The highest BCUT2D eigenvalue weighted by molar-refractivity contribution is 6.06. The van der Waals surface area contributed by atoms with E-state index in [1.165, 1.54) is 0 Å². The quantitative estimate of drug-likeness (QED) is 0.700. The van der Waals surface area contributed by atoms with Gasteiger partial charge in [0.25, 0.3) is 5.91 Å². The maximum absolute atomic E-state index is 12.8. The van der Waals surface area contributed by atoms with Gasteiger partial charge in [0.15, 0.2) is 0 Å². The van der Waals surface area contributed by atoms with Gasteiger partial charge in [-0.15, -0.1) is 0 Å². The highest BCUT2D eigenvalue weighted by atomic mass is 16.2. The number of piperidine rings is 2. The van der Waals surface area contributed by atoms with Crippen molar-refractivity contribution in [3.63, 3.8) is 0 Å². The van der Waals surface area contributed by atoms with E-state index in [9.17, 15) is 14.4 Å². The summed E-state index contributed by atoms with van der Waals surface area (Å²) in [6, 6.07) is 5.47. The summed E-state index contributed by atoms with van der Waals surface area (Å²) >= 11 is 0. The number of imide groups is 1. The molecule has 3 heterocycles. The molecule has 4 rings (SSSR count). The van der Waals surface area contributed by atoms with Crippen molar-refractivity contribution in [3.05, 3.63) is 29.3 Å². The van der Waals surface area contributed by atoms with Gasteiger partial charge in [0.2, 0.25) is 11.8 Å². The molecule has 0 radical (unpaired) electrons. The van der Waals surface area contributed by atoms with Crippen molar-refractivity contribution in [2.45, 2.75) is 44.3 Å². The molecule has 3 aliphatic heterocycles. The van der Waals surface area contributed by atoms with Crippen LogP contribution in [-0.4, -0.2) is 47.8 Å². The Balaban J connectivity index is 1.55. The van der Waals surface area contributed by atoms with Gasteiger partial charge in [0, 0.05) is 42.4 Å². The average molecular weight is 342 g/mol. The summed E-state index contributed by atoms with van der Waals surface area (Å²) in [5.41, 5.74) is 2.57.